The van der Waals surface area contributed by atoms with Gasteiger partial charge < -0.3 is 14.9 Å². The van der Waals surface area contributed by atoms with Crippen LogP contribution in [-0.4, -0.2) is 7.63 Å². The van der Waals surface area contributed by atoms with Crippen LogP contribution in [-0.2, 0) is 19.2 Å². The van der Waals surface area contributed by atoms with Crippen molar-refractivity contribution in [1.82, 2.24) is 0 Å². The SMILES string of the molecule is Cl.Cl.[CH3-].[CH3-].[Si]=[Ti].c1ccc2c(-c3cccc4[cH-]ccc34)cccc2c1.c1ccc2c(-c3cccc4[cH-]ccc34)cccc2c1. The van der Waals surface area contributed by atoms with Crippen LogP contribution in [0.1, 0.15) is 0 Å². The predicted octanol–water partition coefficient (Wildman–Crippen LogP) is 12.1. The van der Waals surface area contributed by atoms with E-state index in [4.69, 9.17) is 0 Å². The standard InChI is InChI=1S/2C19H13.2CH3.2ClH.Si.Ti/c2*1-2-10-16-14(6-1)8-4-12-18(16)19-13-5-9-15-7-3-11-17(15)19;;;;;;/h2*1-13H;2*1H3;2*1H;;/q4*-1;;;;. The second kappa shape index (κ2) is 17.2. The van der Waals surface area contributed by atoms with Gasteiger partial charge in [-0.25, -0.2) is 0 Å². The van der Waals surface area contributed by atoms with Gasteiger partial charge in [-0.2, -0.15) is 24.3 Å². The molecule has 0 amide bonds. The maximum atomic E-state index is 2.97. The van der Waals surface area contributed by atoms with Crippen molar-refractivity contribution in [3.05, 3.63) is 173 Å². The van der Waals surface area contributed by atoms with E-state index in [0.29, 0.717) is 0 Å². The van der Waals surface area contributed by atoms with Crippen LogP contribution >= 0.6 is 24.8 Å². The summed E-state index contributed by atoms with van der Waals surface area (Å²) in [6.07, 6.45) is 0. The molecule has 220 valence electrons. The van der Waals surface area contributed by atoms with Crippen molar-refractivity contribution < 1.29 is 19.2 Å². The fourth-order valence-corrected chi connectivity index (χ4v) is 5.72. The largest absolute Gasteiger partial charge is 0.168 e. The van der Waals surface area contributed by atoms with Crippen LogP contribution in [0.2, 0.25) is 0 Å². The zero-order chi connectivity index (χ0) is 27.3. The Kier molecular flexibility index (Phi) is 14.3. The van der Waals surface area contributed by atoms with E-state index in [1.54, 1.807) is 19.2 Å². The summed E-state index contributed by atoms with van der Waals surface area (Å²) in [5.41, 5.74) is 5.27. The first kappa shape index (κ1) is 36.8. The summed E-state index contributed by atoms with van der Waals surface area (Å²) in [6, 6.07) is 56.2. The van der Waals surface area contributed by atoms with Gasteiger partial charge >= 0.3 is 26.8 Å². The van der Waals surface area contributed by atoms with Gasteiger partial charge in [0.1, 0.15) is 0 Å². The third kappa shape index (κ3) is 7.26. The van der Waals surface area contributed by atoms with Crippen LogP contribution in [0.15, 0.2) is 158 Å². The van der Waals surface area contributed by atoms with E-state index < -0.39 is 0 Å². The molecule has 0 N–H and O–H groups in total. The third-order valence-corrected chi connectivity index (χ3v) is 7.52. The molecule has 0 saturated heterocycles. The van der Waals surface area contributed by atoms with E-state index in [1.165, 1.54) is 65.3 Å². The van der Waals surface area contributed by atoms with Crippen molar-refractivity contribution in [2.24, 2.45) is 0 Å². The number of halogens is 2. The second-order valence-corrected chi connectivity index (χ2v) is 9.72. The molecule has 0 bridgehead atoms. The van der Waals surface area contributed by atoms with Gasteiger partial charge in [0, 0.05) is 0 Å². The average molecular weight is 662 g/mol. The number of fused-ring (bicyclic) bond motifs is 4. The Bertz CT molecular complexity index is 1910. The summed E-state index contributed by atoms with van der Waals surface area (Å²) in [5, 5.41) is 10.5. The molecule has 0 atom stereocenters. The molecule has 8 rings (SSSR count). The molecule has 0 nitrogen and oxygen atoms in total. The Balaban J connectivity index is 0.000000268. The summed E-state index contributed by atoms with van der Waals surface area (Å²) in [7, 11) is 2.97. The number of hydrogen-bond donors (Lipinski definition) is 0. The molecule has 0 saturated carbocycles. The first-order chi connectivity index (χ1) is 19.9. The summed E-state index contributed by atoms with van der Waals surface area (Å²) in [5.74, 6) is 0. The van der Waals surface area contributed by atoms with Crippen molar-refractivity contribution >= 4 is 75.5 Å². The molecule has 0 heterocycles. The summed E-state index contributed by atoms with van der Waals surface area (Å²) < 4.78 is 0. The van der Waals surface area contributed by atoms with Crippen LogP contribution in [0.3, 0.4) is 0 Å². The van der Waals surface area contributed by atoms with E-state index in [0.717, 1.165) is 0 Å². The molecule has 8 aromatic carbocycles. The normalized spacial score (nSPS) is 9.70. The van der Waals surface area contributed by atoms with Crippen LogP contribution in [0.25, 0.3) is 65.3 Å². The van der Waals surface area contributed by atoms with E-state index in [2.05, 4.69) is 165 Å². The molecule has 8 aromatic rings. The fraction of sp³-hybridized carbons (Fsp3) is 0. The molecule has 0 aromatic heterocycles. The molecule has 0 unspecified atom stereocenters. The molecule has 0 aliphatic heterocycles. The van der Waals surface area contributed by atoms with E-state index in [-0.39, 0.29) is 39.7 Å². The van der Waals surface area contributed by atoms with Crippen LogP contribution < -0.4 is 0 Å². The van der Waals surface area contributed by atoms with Crippen LogP contribution in [0.4, 0.5) is 0 Å². The fourth-order valence-electron chi connectivity index (χ4n) is 5.72. The molecule has 4 heteroatoms. The van der Waals surface area contributed by atoms with Gasteiger partial charge in [-0.1, -0.05) is 108 Å². The minimum absolute atomic E-state index is 0. The van der Waals surface area contributed by atoms with Gasteiger partial charge in [-0.3, -0.25) is 0 Å². The van der Waals surface area contributed by atoms with E-state index >= 15 is 0 Å². The molecule has 2 radical (unpaired) electrons. The Labute approximate surface area is 287 Å². The second-order valence-electron chi connectivity index (χ2n) is 9.72. The van der Waals surface area contributed by atoms with Crippen LogP contribution in [0, 0.1) is 14.9 Å². The molecule has 0 spiro atoms. The van der Waals surface area contributed by atoms with Crippen LogP contribution in [0.5, 0.6) is 0 Å². The maximum Gasteiger partial charge on any atom is -0.0114 e. The zero-order valence-corrected chi connectivity index (χ0v) is 29.0. The minimum atomic E-state index is 0. The number of hydrogen-bond acceptors (Lipinski definition) is 0. The monoisotopic (exact) mass is 660 g/mol. The molecule has 0 aliphatic carbocycles. The van der Waals surface area contributed by atoms with Crippen molar-refractivity contribution in [1.29, 1.82) is 0 Å². The number of benzene rings is 6. The Morgan fingerprint density at radius 3 is 1.09 bits per heavy atom. The van der Waals surface area contributed by atoms with E-state index in [1.807, 2.05) is 0 Å². The van der Waals surface area contributed by atoms with Gasteiger partial charge in [0.05, 0.1) is 0 Å². The molecule has 44 heavy (non-hydrogen) atoms. The smallest absolute Gasteiger partial charge is 0.0114 e. The van der Waals surface area contributed by atoms with Gasteiger partial charge in [0.25, 0.3) is 0 Å². The van der Waals surface area contributed by atoms with E-state index in [9.17, 15) is 0 Å². The summed E-state index contributed by atoms with van der Waals surface area (Å²) in [6.45, 7) is 0. The minimum Gasteiger partial charge on any atom is -0.168 e. The van der Waals surface area contributed by atoms with Gasteiger partial charge in [-0.15, -0.1) is 82.8 Å². The van der Waals surface area contributed by atoms with Gasteiger partial charge in [0.2, 0.25) is 0 Å². The van der Waals surface area contributed by atoms with Gasteiger partial charge in [-0.05, 0) is 32.7 Å². The molecular weight excluding hydrogens is 627 g/mol. The first-order valence-corrected chi connectivity index (χ1v) is 16.2. The van der Waals surface area contributed by atoms with Crippen molar-refractivity contribution in [3.63, 3.8) is 0 Å². The van der Waals surface area contributed by atoms with Gasteiger partial charge in [0.15, 0.2) is 0 Å². The summed E-state index contributed by atoms with van der Waals surface area (Å²) >= 11 is 1.81. The molecule has 0 aliphatic rings. The Morgan fingerprint density at radius 2 is 0.682 bits per heavy atom. The zero-order valence-electron chi connectivity index (χ0n) is 24.8. The predicted molar refractivity (Wildman–Crippen MR) is 198 cm³/mol. The third-order valence-electron chi connectivity index (χ3n) is 7.52. The van der Waals surface area contributed by atoms with Crippen molar-refractivity contribution in [2.75, 3.05) is 0 Å². The quantitative estimate of drug-likeness (QED) is 0.128. The molecule has 0 fully saturated rings. The average Bonchev–Trinajstić information content (AvgIpc) is 3.72. The van der Waals surface area contributed by atoms with Crippen molar-refractivity contribution in [2.45, 2.75) is 0 Å². The Hall–Kier alpha value is -3.43. The number of rotatable bonds is 2. The van der Waals surface area contributed by atoms with Crippen molar-refractivity contribution in [3.8, 4) is 22.3 Å². The Morgan fingerprint density at radius 1 is 0.364 bits per heavy atom. The first-order valence-electron chi connectivity index (χ1n) is 13.4. The summed E-state index contributed by atoms with van der Waals surface area (Å²) in [4.78, 5) is 0. The maximum absolute atomic E-state index is 2.97. The topological polar surface area (TPSA) is 0 Å². The molecular formula is C40H34Cl2SiTi-4.